The SMILES string of the molecule is NC(=O)c1cc(NC(=O)c2cc(Cl)c(C(F)(F)F)cc2C2CCOc3cc(F)ccc32)ccc1F. The number of alkyl halides is 3. The van der Waals surface area contributed by atoms with Crippen molar-refractivity contribution in [2.45, 2.75) is 18.5 Å². The number of hydrogen-bond acceptors (Lipinski definition) is 3. The van der Waals surface area contributed by atoms with Gasteiger partial charge in [0.25, 0.3) is 11.8 Å². The molecule has 3 N–H and O–H groups in total. The Kier molecular flexibility index (Phi) is 6.42. The topological polar surface area (TPSA) is 81.4 Å². The van der Waals surface area contributed by atoms with Gasteiger partial charge in [0.1, 0.15) is 17.4 Å². The van der Waals surface area contributed by atoms with Crippen molar-refractivity contribution in [2.24, 2.45) is 5.73 Å². The molecule has 35 heavy (non-hydrogen) atoms. The molecule has 0 bridgehead atoms. The summed E-state index contributed by atoms with van der Waals surface area (Å²) in [4.78, 5) is 24.6. The third-order valence-corrected chi connectivity index (χ3v) is 5.88. The average molecular weight is 511 g/mol. The van der Waals surface area contributed by atoms with Crippen LogP contribution in [0.15, 0.2) is 48.5 Å². The summed E-state index contributed by atoms with van der Waals surface area (Å²) >= 11 is 5.90. The molecule has 1 unspecified atom stereocenters. The Morgan fingerprint density at radius 2 is 1.74 bits per heavy atom. The van der Waals surface area contributed by atoms with E-state index in [2.05, 4.69) is 5.32 Å². The van der Waals surface area contributed by atoms with E-state index in [0.717, 1.165) is 42.5 Å². The van der Waals surface area contributed by atoms with E-state index >= 15 is 0 Å². The van der Waals surface area contributed by atoms with Crippen LogP contribution in [0.25, 0.3) is 0 Å². The number of carbonyl (C=O) groups excluding carboxylic acids is 2. The lowest BCUT2D eigenvalue weighted by molar-refractivity contribution is -0.137. The summed E-state index contributed by atoms with van der Waals surface area (Å²) in [6.45, 7) is 0.0755. The number of ether oxygens (including phenoxy) is 1. The van der Waals surface area contributed by atoms with Gasteiger partial charge in [-0.25, -0.2) is 8.78 Å². The molecule has 5 nitrogen and oxygen atoms in total. The molecular formula is C24H16ClF5N2O3. The van der Waals surface area contributed by atoms with E-state index in [1.54, 1.807) is 0 Å². The highest BCUT2D eigenvalue weighted by molar-refractivity contribution is 6.32. The van der Waals surface area contributed by atoms with Gasteiger partial charge in [0.05, 0.1) is 22.8 Å². The molecular weight excluding hydrogens is 495 g/mol. The molecule has 2 amide bonds. The first kappa shape index (κ1) is 24.5. The summed E-state index contributed by atoms with van der Waals surface area (Å²) in [6, 6.07) is 8.42. The molecule has 0 saturated heterocycles. The van der Waals surface area contributed by atoms with E-state index < -0.39 is 51.7 Å². The summed E-state index contributed by atoms with van der Waals surface area (Å²) in [6.07, 6.45) is -4.59. The maximum Gasteiger partial charge on any atom is 0.417 e. The van der Waals surface area contributed by atoms with Crippen LogP contribution in [0.5, 0.6) is 5.75 Å². The normalized spacial score (nSPS) is 15.2. The molecule has 1 atom stereocenters. The summed E-state index contributed by atoms with van der Waals surface area (Å²) in [7, 11) is 0. The van der Waals surface area contributed by atoms with Crippen molar-refractivity contribution < 1.29 is 36.3 Å². The quantitative estimate of drug-likeness (QED) is 0.429. The molecule has 1 aliphatic heterocycles. The Morgan fingerprint density at radius 1 is 1.00 bits per heavy atom. The second-order valence-corrected chi connectivity index (χ2v) is 8.21. The van der Waals surface area contributed by atoms with Crippen molar-refractivity contribution in [1.29, 1.82) is 0 Å². The van der Waals surface area contributed by atoms with Gasteiger partial charge < -0.3 is 15.8 Å². The maximum absolute atomic E-state index is 13.8. The first-order valence-electron chi connectivity index (χ1n) is 10.2. The van der Waals surface area contributed by atoms with Crippen LogP contribution in [-0.4, -0.2) is 18.4 Å². The van der Waals surface area contributed by atoms with Crippen LogP contribution in [0.3, 0.4) is 0 Å². The van der Waals surface area contributed by atoms with Crippen molar-refractivity contribution in [1.82, 2.24) is 0 Å². The van der Waals surface area contributed by atoms with Gasteiger partial charge in [-0.3, -0.25) is 9.59 Å². The zero-order valence-corrected chi connectivity index (χ0v) is 18.4. The number of fused-ring (bicyclic) bond motifs is 1. The van der Waals surface area contributed by atoms with E-state index in [1.807, 2.05) is 0 Å². The molecule has 182 valence electrons. The highest BCUT2D eigenvalue weighted by atomic mass is 35.5. The largest absolute Gasteiger partial charge is 0.493 e. The van der Waals surface area contributed by atoms with Crippen LogP contribution < -0.4 is 15.8 Å². The van der Waals surface area contributed by atoms with Crippen LogP contribution in [0.2, 0.25) is 5.02 Å². The monoisotopic (exact) mass is 510 g/mol. The number of halogens is 6. The van der Waals surface area contributed by atoms with Gasteiger partial charge in [-0.2, -0.15) is 13.2 Å². The zero-order valence-electron chi connectivity index (χ0n) is 17.7. The third-order valence-electron chi connectivity index (χ3n) is 5.57. The number of hydrogen-bond donors (Lipinski definition) is 2. The predicted octanol–water partition coefficient (Wildman–Crippen LogP) is 5.90. The molecule has 1 heterocycles. The third kappa shape index (κ3) is 4.93. The second kappa shape index (κ2) is 9.18. The van der Waals surface area contributed by atoms with Crippen molar-refractivity contribution in [3.8, 4) is 5.75 Å². The standard InChI is InChI=1S/C24H16ClF5N2O3/c25-19-10-16(23(34)32-12-2-4-20(27)17(8-12)22(31)33)15(9-18(19)24(28,29)30)13-5-6-35-21-7-11(26)1-3-14(13)21/h1-4,7-10,13H,5-6H2,(H2,31,33)(H,32,34). The number of rotatable bonds is 4. The maximum atomic E-state index is 13.8. The number of nitrogens with one attached hydrogen (secondary N) is 1. The van der Waals surface area contributed by atoms with E-state index in [9.17, 15) is 31.5 Å². The van der Waals surface area contributed by atoms with E-state index in [1.165, 1.54) is 6.07 Å². The average Bonchev–Trinajstić information content (AvgIpc) is 2.78. The second-order valence-electron chi connectivity index (χ2n) is 7.80. The molecule has 3 aromatic rings. The first-order valence-corrected chi connectivity index (χ1v) is 10.6. The Morgan fingerprint density at radius 3 is 2.43 bits per heavy atom. The Balaban J connectivity index is 1.82. The number of primary amides is 1. The fourth-order valence-corrected chi connectivity index (χ4v) is 4.24. The highest BCUT2D eigenvalue weighted by Gasteiger charge is 2.37. The molecule has 0 saturated carbocycles. The van der Waals surface area contributed by atoms with Crippen LogP contribution in [0.1, 0.15) is 49.7 Å². The molecule has 0 fully saturated rings. The number of anilines is 1. The van der Waals surface area contributed by atoms with Gasteiger partial charge in [0.15, 0.2) is 0 Å². The highest BCUT2D eigenvalue weighted by Crippen LogP contribution is 2.44. The van der Waals surface area contributed by atoms with Gasteiger partial charge in [0.2, 0.25) is 0 Å². The molecule has 0 aromatic heterocycles. The Hall–Kier alpha value is -3.66. The fourth-order valence-electron chi connectivity index (χ4n) is 3.97. The smallest absolute Gasteiger partial charge is 0.417 e. The Labute approximate surface area is 200 Å². The van der Waals surface area contributed by atoms with Gasteiger partial charge in [-0.1, -0.05) is 17.7 Å². The minimum absolute atomic E-state index is 0.00683. The van der Waals surface area contributed by atoms with Gasteiger partial charge in [-0.05, 0) is 48.4 Å². The number of amides is 2. The number of nitrogens with two attached hydrogens (primary N) is 1. The summed E-state index contributed by atoms with van der Waals surface area (Å²) in [5, 5.41) is 1.73. The number of carbonyl (C=O) groups is 2. The lowest BCUT2D eigenvalue weighted by Gasteiger charge is -2.28. The van der Waals surface area contributed by atoms with Gasteiger partial charge >= 0.3 is 6.18 Å². The summed E-state index contributed by atoms with van der Waals surface area (Å²) in [5.74, 6) is -4.00. The van der Waals surface area contributed by atoms with E-state index in [0.29, 0.717) is 5.56 Å². The Bertz CT molecular complexity index is 1340. The predicted molar refractivity (Wildman–Crippen MR) is 118 cm³/mol. The molecule has 0 radical (unpaired) electrons. The molecule has 4 rings (SSSR count). The molecule has 1 aliphatic rings. The lowest BCUT2D eigenvalue weighted by atomic mass is 9.83. The number of benzene rings is 3. The van der Waals surface area contributed by atoms with Gasteiger partial charge in [-0.15, -0.1) is 0 Å². The van der Waals surface area contributed by atoms with Crippen molar-refractivity contribution in [3.05, 3.63) is 93.0 Å². The van der Waals surface area contributed by atoms with Crippen molar-refractivity contribution in [3.63, 3.8) is 0 Å². The summed E-state index contributed by atoms with van der Waals surface area (Å²) in [5.41, 5.74) is 3.71. The lowest BCUT2D eigenvalue weighted by Crippen LogP contribution is -2.22. The molecule has 0 spiro atoms. The van der Waals surface area contributed by atoms with Crippen LogP contribution in [0.4, 0.5) is 27.6 Å². The summed E-state index contributed by atoms with van der Waals surface area (Å²) < 4.78 is 73.9. The van der Waals surface area contributed by atoms with E-state index in [4.69, 9.17) is 22.1 Å². The van der Waals surface area contributed by atoms with Crippen molar-refractivity contribution in [2.75, 3.05) is 11.9 Å². The van der Waals surface area contributed by atoms with Crippen LogP contribution >= 0.6 is 11.6 Å². The first-order chi connectivity index (χ1) is 16.5. The van der Waals surface area contributed by atoms with Crippen molar-refractivity contribution >= 4 is 29.1 Å². The fraction of sp³-hybridized carbons (Fsp3) is 0.167. The zero-order chi connectivity index (χ0) is 25.5. The molecule has 11 heteroatoms. The van der Waals surface area contributed by atoms with E-state index in [-0.39, 0.29) is 35.6 Å². The van der Waals surface area contributed by atoms with Crippen LogP contribution in [0, 0.1) is 11.6 Å². The minimum Gasteiger partial charge on any atom is -0.493 e. The minimum atomic E-state index is -4.80. The molecule has 0 aliphatic carbocycles. The van der Waals surface area contributed by atoms with Crippen LogP contribution in [-0.2, 0) is 6.18 Å². The molecule has 3 aromatic carbocycles. The van der Waals surface area contributed by atoms with Gasteiger partial charge in [0, 0.05) is 28.8 Å².